The number of rotatable bonds is 2. The molecule has 3 atom stereocenters. The van der Waals surface area contributed by atoms with Gasteiger partial charge in [-0.2, -0.15) is 0 Å². The van der Waals surface area contributed by atoms with Gasteiger partial charge < -0.3 is 9.32 Å². The van der Waals surface area contributed by atoms with Crippen LogP contribution in [0, 0.1) is 18.8 Å². The van der Waals surface area contributed by atoms with E-state index in [1.54, 1.807) is 6.26 Å². The maximum atomic E-state index is 12.7. The first-order valence-corrected chi connectivity index (χ1v) is 9.20. The molecule has 0 spiro atoms. The van der Waals surface area contributed by atoms with Gasteiger partial charge in [-0.25, -0.2) is 9.97 Å². The van der Waals surface area contributed by atoms with Gasteiger partial charge in [0.15, 0.2) is 5.78 Å². The average Bonchev–Trinajstić information content (AvgIpc) is 3.07. The number of hydrogen-bond donors (Lipinski definition) is 0. The third kappa shape index (κ3) is 3.08. The second kappa shape index (κ2) is 6.28. The number of Topliss-reactive ketones (excluding diaryl/α,β-unsaturated/α-hetero) is 1. The zero-order chi connectivity index (χ0) is 17.6. The predicted molar refractivity (Wildman–Crippen MR) is 96.0 cm³/mol. The van der Waals surface area contributed by atoms with Crippen molar-refractivity contribution in [3.05, 3.63) is 41.1 Å². The van der Waals surface area contributed by atoms with Crippen LogP contribution in [0.15, 0.2) is 22.8 Å². The summed E-state index contributed by atoms with van der Waals surface area (Å²) in [6.07, 6.45) is 4.13. The lowest BCUT2D eigenvalue weighted by Crippen LogP contribution is -2.40. The van der Waals surface area contributed by atoms with E-state index in [0.29, 0.717) is 18.3 Å². The zero-order valence-corrected chi connectivity index (χ0v) is 15.2. The molecule has 0 aromatic carbocycles. The number of ketones is 1. The van der Waals surface area contributed by atoms with E-state index >= 15 is 0 Å². The van der Waals surface area contributed by atoms with E-state index in [1.165, 1.54) is 6.42 Å². The summed E-state index contributed by atoms with van der Waals surface area (Å²) in [6.45, 7) is 8.47. The predicted octanol–water partition coefficient (Wildman–Crippen LogP) is 3.77. The highest BCUT2D eigenvalue weighted by molar-refractivity contribution is 5.99. The molecule has 132 valence electrons. The molecule has 2 aromatic rings. The molecular weight excluding hydrogens is 314 g/mol. The van der Waals surface area contributed by atoms with Crippen molar-refractivity contribution in [2.45, 2.75) is 46.0 Å². The molecule has 1 aliphatic heterocycles. The van der Waals surface area contributed by atoms with Crippen molar-refractivity contribution in [1.29, 1.82) is 0 Å². The van der Waals surface area contributed by atoms with Gasteiger partial charge >= 0.3 is 0 Å². The minimum atomic E-state index is 0.0800. The fraction of sp³-hybridized carbons (Fsp3) is 0.550. The number of fused-ring (bicyclic) bond motifs is 1. The molecule has 0 amide bonds. The summed E-state index contributed by atoms with van der Waals surface area (Å²) in [5.74, 6) is 3.14. The highest BCUT2D eigenvalue weighted by atomic mass is 16.3. The van der Waals surface area contributed by atoms with Crippen LogP contribution in [0.1, 0.15) is 60.1 Å². The Balaban J connectivity index is 1.68. The summed E-state index contributed by atoms with van der Waals surface area (Å²) in [7, 11) is 0. The van der Waals surface area contributed by atoms with Crippen LogP contribution in [0.25, 0.3) is 0 Å². The largest absolute Gasteiger partial charge is 0.469 e. The summed E-state index contributed by atoms with van der Waals surface area (Å²) in [5, 5.41) is 0. The highest BCUT2D eigenvalue weighted by Crippen LogP contribution is 2.34. The fourth-order valence-electron chi connectivity index (χ4n) is 4.45. The van der Waals surface area contributed by atoms with Crippen LogP contribution in [0.3, 0.4) is 0 Å². The van der Waals surface area contributed by atoms with E-state index in [9.17, 15) is 4.79 Å². The number of hydrogen-bond acceptors (Lipinski definition) is 5. The lowest BCUT2D eigenvalue weighted by molar-refractivity contribution is 0.0957. The topological polar surface area (TPSA) is 59.2 Å². The molecule has 0 bridgehead atoms. The Labute approximate surface area is 148 Å². The van der Waals surface area contributed by atoms with E-state index in [-0.39, 0.29) is 11.7 Å². The van der Waals surface area contributed by atoms with Gasteiger partial charge in [-0.3, -0.25) is 4.79 Å². The number of furan rings is 1. The van der Waals surface area contributed by atoms with Crippen LogP contribution < -0.4 is 4.90 Å². The number of anilines is 1. The Kier molecular flexibility index (Phi) is 4.10. The molecule has 2 aromatic heterocycles. The summed E-state index contributed by atoms with van der Waals surface area (Å²) in [5.41, 5.74) is 2.42. The Hall–Kier alpha value is -2.17. The van der Waals surface area contributed by atoms with Crippen molar-refractivity contribution < 1.29 is 9.21 Å². The van der Waals surface area contributed by atoms with Gasteiger partial charge in [-0.15, -0.1) is 0 Å². The molecule has 5 heteroatoms. The van der Waals surface area contributed by atoms with Crippen LogP contribution in [-0.4, -0.2) is 28.8 Å². The molecule has 1 aliphatic carbocycles. The van der Waals surface area contributed by atoms with Crippen LogP contribution in [-0.2, 0) is 6.42 Å². The summed E-state index contributed by atoms with van der Waals surface area (Å²) in [6, 6.07) is 3.83. The Morgan fingerprint density at radius 3 is 2.60 bits per heavy atom. The number of aromatic nitrogens is 2. The Morgan fingerprint density at radius 1 is 1.16 bits per heavy atom. The minimum absolute atomic E-state index is 0.0800. The summed E-state index contributed by atoms with van der Waals surface area (Å²) < 4.78 is 5.54. The quantitative estimate of drug-likeness (QED) is 0.833. The second-order valence-corrected chi connectivity index (χ2v) is 7.83. The van der Waals surface area contributed by atoms with Gasteiger partial charge in [-0.05, 0) is 37.3 Å². The van der Waals surface area contributed by atoms with E-state index in [2.05, 4.69) is 23.7 Å². The molecule has 0 radical (unpaired) electrons. The summed E-state index contributed by atoms with van der Waals surface area (Å²) >= 11 is 0. The van der Waals surface area contributed by atoms with E-state index < -0.39 is 0 Å². The molecule has 2 aliphatic rings. The molecule has 0 unspecified atom stereocenters. The van der Waals surface area contributed by atoms with Crippen molar-refractivity contribution in [1.82, 2.24) is 9.97 Å². The maximum absolute atomic E-state index is 12.7. The van der Waals surface area contributed by atoms with Crippen molar-refractivity contribution in [3.63, 3.8) is 0 Å². The third-order valence-corrected chi connectivity index (χ3v) is 5.40. The standard InChI is InChI=1S/C20H25N3O2/c1-12-7-13(2)11-23(10-12)20-21-14(3)19-16(22-20)8-15(9-17(19)24)18-5-4-6-25-18/h4-6,12-13,15H,7-11H2,1-3H3/t12-,13-,15-/m0/s1. The highest BCUT2D eigenvalue weighted by Gasteiger charge is 2.32. The number of nitrogens with zero attached hydrogens (tertiary/aromatic N) is 3. The minimum Gasteiger partial charge on any atom is -0.469 e. The smallest absolute Gasteiger partial charge is 0.225 e. The van der Waals surface area contributed by atoms with Crippen molar-refractivity contribution in [3.8, 4) is 0 Å². The average molecular weight is 339 g/mol. The van der Waals surface area contributed by atoms with Crippen LogP contribution in [0.5, 0.6) is 0 Å². The number of piperidine rings is 1. The van der Waals surface area contributed by atoms with Crippen LogP contribution in [0.2, 0.25) is 0 Å². The molecule has 5 nitrogen and oxygen atoms in total. The van der Waals surface area contributed by atoms with E-state index in [1.807, 2.05) is 19.1 Å². The Bertz CT molecular complexity index is 774. The number of carbonyl (C=O) groups excluding carboxylic acids is 1. The van der Waals surface area contributed by atoms with E-state index in [4.69, 9.17) is 9.40 Å². The lowest BCUT2D eigenvalue weighted by Gasteiger charge is -2.35. The molecule has 0 saturated carbocycles. The molecule has 1 saturated heterocycles. The lowest BCUT2D eigenvalue weighted by atomic mass is 9.84. The molecule has 25 heavy (non-hydrogen) atoms. The van der Waals surface area contributed by atoms with Crippen LogP contribution in [0.4, 0.5) is 5.95 Å². The number of carbonyl (C=O) groups is 1. The van der Waals surface area contributed by atoms with E-state index in [0.717, 1.165) is 48.2 Å². The van der Waals surface area contributed by atoms with Gasteiger partial charge in [-0.1, -0.05) is 13.8 Å². The van der Waals surface area contributed by atoms with Crippen molar-refractivity contribution >= 4 is 11.7 Å². The van der Waals surface area contributed by atoms with Crippen LogP contribution >= 0.6 is 0 Å². The van der Waals surface area contributed by atoms with Gasteiger partial charge in [0, 0.05) is 31.8 Å². The monoisotopic (exact) mass is 339 g/mol. The second-order valence-electron chi connectivity index (χ2n) is 7.83. The molecular formula is C20H25N3O2. The first kappa shape index (κ1) is 16.3. The van der Waals surface area contributed by atoms with Gasteiger partial charge in [0.25, 0.3) is 0 Å². The maximum Gasteiger partial charge on any atom is 0.225 e. The van der Waals surface area contributed by atoms with Crippen molar-refractivity contribution in [2.75, 3.05) is 18.0 Å². The SMILES string of the molecule is Cc1nc(N2C[C@@H](C)C[C@H](C)C2)nc2c1C(=O)C[C@@H](c1ccco1)C2. The molecule has 1 fully saturated rings. The Morgan fingerprint density at radius 2 is 1.92 bits per heavy atom. The van der Waals surface area contributed by atoms with Gasteiger partial charge in [0.05, 0.1) is 23.2 Å². The first-order valence-electron chi connectivity index (χ1n) is 9.20. The number of aryl methyl sites for hydroxylation is 1. The van der Waals surface area contributed by atoms with Gasteiger partial charge in [0.1, 0.15) is 5.76 Å². The third-order valence-electron chi connectivity index (χ3n) is 5.40. The van der Waals surface area contributed by atoms with Crippen molar-refractivity contribution in [2.24, 2.45) is 11.8 Å². The normalized spacial score (nSPS) is 26.6. The summed E-state index contributed by atoms with van der Waals surface area (Å²) in [4.78, 5) is 24.5. The fourth-order valence-corrected chi connectivity index (χ4v) is 4.45. The first-order chi connectivity index (χ1) is 12.0. The molecule has 4 rings (SSSR count). The zero-order valence-electron chi connectivity index (χ0n) is 15.2. The molecule has 0 N–H and O–H groups in total. The van der Waals surface area contributed by atoms with Gasteiger partial charge in [0.2, 0.25) is 5.95 Å². The molecule has 3 heterocycles.